The molecule has 0 saturated heterocycles. The van der Waals surface area contributed by atoms with Crippen molar-refractivity contribution in [3.8, 4) is 0 Å². The Balaban J connectivity index is 2.19. The number of likely N-dealkylation sites (N-methyl/N-ethyl adjacent to an activating group) is 1. The third kappa shape index (κ3) is 3.10. The molecule has 0 amide bonds. The summed E-state index contributed by atoms with van der Waals surface area (Å²) < 4.78 is 4.07. The van der Waals surface area contributed by atoms with Crippen LogP contribution in [0.2, 0.25) is 0 Å². The second kappa shape index (κ2) is 6.22. The van der Waals surface area contributed by atoms with E-state index in [1.54, 1.807) is 0 Å². The molecule has 1 N–H and O–H groups in total. The van der Waals surface area contributed by atoms with Crippen LogP contribution in [0.25, 0.3) is 0 Å². The van der Waals surface area contributed by atoms with Gasteiger partial charge in [-0.3, -0.25) is 9.36 Å². The lowest BCUT2D eigenvalue weighted by molar-refractivity contribution is 0.492. The van der Waals surface area contributed by atoms with Gasteiger partial charge < -0.3 is 5.32 Å². The number of nitrogens with one attached hydrogen (secondary N) is 1. The molecule has 20 heavy (non-hydrogen) atoms. The second-order valence-electron chi connectivity index (χ2n) is 5.45. The highest BCUT2D eigenvalue weighted by atomic mass is 15.3. The zero-order valence-corrected chi connectivity index (χ0v) is 13.1. The molecule has 2 aromatic rings. The largest absolute Gasteiger partial charge is 0.311 e. The molecule has 0 spiro atoms. The quantitative estimate of drug-likeness (QED) is 0.881. The summed E-state index contributed by atoms with van der Waals surface area (Å²) in [7, 11) is 1.99. The van der Waals surface area contributed by atoms with Gasteiger partial charge in [0.15, 0.2) is 0 Å². The Bertz CT molecular complexity index is 552. The SMILES string of the molecule is CCn1nc(C)cc1C(Cc1ccn(C(C)C)n1)NC. The maximum absolute atomic E-state index is 4.63. The molecule has 0 aliphatic heterocycles. The van der Waals surface area contributed by atoms with Gasteiger partial charge >= 0.3 is 0 Å². The molecule has 0 saturated carbocycles. The van der Waals surface area contributed by atoms with E-state index >= 15 is 0 Å². The second-order valence-corrected chi connectivity index (χ2v) is 5.45. The first-order chi connectivity index (χ1) is 9.55. The summed E-state index contributed by atoms with van der Waals surface area (Å²) in [5, 5.41) is 12.5. The van der Waals surface area contributed by atoms with Gasteiger partial charge in [0, 0.05) is 25.2 Å². The van der Waals surface area contributed by atoms with Crippen molar-refractivity contribution in [1.29, 1.82) is 0 Å². The molecule has 0 aliphatic rings. The van der Waals surface area contributed by atoms with E-state index in [4.69, 9.17) is 0 Å². The lowest BCUT2D eigenvalue weighted by Gasteiger charge is -2.16. The zero-order chi connectivity index (χ0) is 14.7. The van der Waals surface area contributed by atoms with E-state index in [0.717, 1.165) is 24.4 Å². The van der Waals surface area contributed by atoms with Crippen molar-refractivity contribution >= 4 is 0 Å². The summed E-state index contributed by atoms with van der Waals surface area (Å²) in [4.78, 5) is 0. The average molecular weight is 275 g/mol. The number of hydrogen-bond acceptors (Lipinski definition) is 3. The van der Waals surface area contributed by atoms with Gasteiger partial charge in [0.05, 0.1) is 23.1 Å². The van der Waals surface area contributed by atoms with Gasteiger partial charge in [0.1, 0.15) is 0 Å². The molecule has 2 heterocycles. The van der Waals surface area contributed by atoms with Crippen LogP contribution in [0.4, 0.5) is 0 Å². The monoisotopic (exact) mass is 275 g/mol. The molecule has 2 aromatic heterocycles. The van der Waals surface area contributed by atoms with Crippen molar-refractivity contribution in [2.75, 3.05) is 7.05 Å². The van der Waals surface area contributed by atoms with Crippen molar-refractivity contribution < 1.29 is 0 Å². The topological polar surface area (TPSA) is 47.7 Å². The first kappa shape index (κ1) is 14.8. The fraction of sp³-hybridized carbons (Fsp3) is 0.600. The van der Waals surface area contributed by atoms with Crippen LogP contribution in [0.15, 0.2) is 18.3 Å². The number of hydrogen-bond donors (Lipinski definition) is 1. The summed E-state index contributed by atoms with van der Waals surface area (Å²) in [5.41, 5.74) is 3.40. The standard InChI is InChI=1S/C15H25N5/c1-6-19-15(9-12(4)17-19)14(16-5)10-13-7-8-20(18-13)11(2)3/h7-9,11,14,16H,6,10H2,1-5H3. The molecule has 5 heteroatoms. The van der Waals surface area contributed by atoms with Crippen LogP contribution in [0, 0.1) is 6.92 Å². The Morgan fingerprint density at radius 1 is 1.30 bits per heavy atom. The van der Waals surface area contributed by atoms with Gasteiger partial charge in [-0.1, -0.05) is 0 Å². The van der Waals surface area contributed by atoms with Gasteiger partial charge in [-0.25, -0.2) is 0 Å². The fourth-order valence-electron chi connectivity index (χ4n) is 2.44. The predicted octanol–water partition coefficient (Wildman–Crippen LogP) is 2.49. The van der Waals surface area contributed by atoms with Crippen LogP contribution in [0.1, 0.15) is 49.9 Å². The van der Waals surface area contributed by atoms with Gasteiger partial charge in [0.25, 0.3) is 0 Å². The number of rotatable bonds is 6. The van der Waals surface area contributed by atoms with E-state index in [2.05, 4.69) is 59.3 Å². The van der Waals surface area contributed by atoms with Crippen LogP contribution >= 0.6 is 0 Å². The van der Waals surface area contributed by atoms with E-state index in [1.165, 1.54) is 5.69 Å². The van der Waals surface area contributed by atoms with Crippen LogP contribution in [-0.2, 0) is 13.0 Å². The maximum Gasteiger partial charge on any atom is 0.0644 e. The van der Waals surface area contributed by atoms with E-state index in [-0.39, 0.29) is 6.04 Å². The number of nitrogens with zero attached hydrogens (tertiary/aromatic N) is 4. The molecule has 110 valence electrons. The number of aryl methyl sites for hydroxylation is 2. The average Bonchev–Trinajstić information content (AvgIpc) is 3.02. The third-order valence-electron chi connectivity index (χ3n) is 3.54. The van der Waals surface area contributed by atoms with E-state index in [9.17, 15) is 0 Å². The van der Waals surface area contributed by atoms with Crippen LogP contribution in [-0.4, -0.2) is 26.6 Å². The minimum atomic E-state index is 0.242. The highest BCUT2D eigenvalue weighted by Crippen LogP contribution is 2.19. The Hall–Kier alpha value is -1.62. The van der Waals surface area contributed by atoms with Gasteiger partial charge in [0.2, 0.25) is 0 Å². The van der Waals surface area contributed by atoms with Crippen molar-refractivity contribution in [2.45, 2.75) is 52.7 Å². The van der Waals surface area contributed by atoms with Crippen molar-refractivity contribution in [3.05, 3.63) is 35.4 Å². The fourth-order valence-corrected chi connectivity index (χ4v) is 2.44. The van der Waals surface area contributed by atoms with Crippen LogP contribution in [0.3, 0.4) is 0 Å². The van der Waals surface area contributed by atoms with Crippen molar-refractivity contribution in [1.82, 2.24) is 24.9 Å². The van der Waals surface area contributed by atoms with E-state index in [1.807, 2.05) is 18.7 Å². The maximum atomic E-state index is 4.63. The summed E-state index contributed by atoms with van der Waals surface area (Å²) in [6, 6.07) is 4.90. The van der Waals surface area contributed by atoms with E-state index < -0.39 is 0 Å². The molecule has 1 unspecified atom stereocenters. The van der Waals surface area contributed by atoms with Crippen LogP contribution in [0.5, 0.6) is 0 Å². The third-order valence-corrected chi connectivity index (χ3v) is 3.54. The first-order valence-electron chi connectivity index (χ1n) is 7.30. The molecule has 5 nitrogen and oxygen atoms in total. The lowest BCUT2D eigenvalue weighted by atomic mass is 10.1. The predicted molar refractivity (Wildman–Crippen MR) is 80.8 cm³/mol. The Labute approximate surface area is 121 Å². The molecule has 0 radical (unpaired) electrons. The van der Waals surface area contributed by atoms with Crippen molar-refractivity contribution in [2.24, 2.45) is 0 Å². The first-order valence-corrected chi connectivity index (χ1v) is 7.30. The molecule has 0 bridgehead atoms. The molecule has 0 aliphatic carbocycles. The lowest BCUT2D eigenvalue weighted by Crippen LogP contribution is -2.22. The van der Waals surface area contributed by atoms with Gasteiger partial charge in [-0.2, -0.15) is 10.2 Å². The molecular formula is C15H25N5. The van der Waals surface area contributed by atoms with Crippen molar-refractivity contribution in [3.63, 3.8) is 0 Å². The molecule has 2 rings (SSSR count). The highest BCUT2D eigenvalue weighted by molar-refractivity contribution is 5.16. The smallest absolute Gasteiger partial charge is 0.0644 e. The highest BCUT2D eigenvalue weighted by Gasteiger charge is 2.17. The zero-order valence-electron chi connectivity index (χ0n) is 13.1. The summed E-state index contributed by atoms with van der Waals surface area (Å²) in [5.74, 6) is 0. The number of aromatic nitrogens is 4. The summed E-state index contributed by atoms with van der Waals surface area (Å²) >= 11 is 0. The normalized spacial score (nSPS) is 13.1. The molecular weight excluding hydrogens is 250 g/mol. The Morgan fingerprint density at radius 2 is 2.05 bits per heavy atom. The summed E-state index contributed by atoms with van der Waals surface area (Å²) in [6.07, 6.45) is 2.93. The summed E-state index contributed by atoms with van der Waals surface area (Å²) in [6.45, 7) is 9.33. The van der Waals surface area contributed by atoms with Gasteiger partial charge in [-0.15, -0.1) is 0 Å². The Kier molecular flexibility index (Phi) is 4.60. The minimum Gasteiger partial charge on any atom is -0.311 e. The molecule has 0 aromatic carbocycles. The Morgan fingerprint density at radius 3 is 2.60 bits per heavy atom. The minimum absolute atomic E-state index is 0.242. The van der Waals surface area contributed by atoms with Crippen LogP contribution < -0.4 is 5.32 Å². The molecule has 0 fully saturated rings. The molecule has 1 atom stereocenters. The van der Waals surface area contributed by atoms with E-state index in [0.29, 0.717) is 6.04 Å². The van der Waals surface area contributed by atoms with Gasteiger partial charge in [-0.05, 0) is 46.9 Å².